The minimum absolute atomic E-state index is 0.0212. The average molecular weight is 515 g/mol. The number of halogens is 2. The Labute approximate surface area is 210 Å². The van der Waals surface area contributed by atoms with Gasteiger partial charge in [0.2, 0.25) is 0 Å². The van der Waals surface area contributed by atoms with E-state index in [-0.39, 0.29) is 13.2 Å². The van der Waals surface area contributed by atoms with Gasteiger partial charge in [0.25, 0.3) is 0 Å². The van der Waals surface area contributed by atoms with Crippen LogP contribution in [0.4, 0.5) is 26.1 Å². The molecule has 188 valence electrons. The zero-order valence-corrected chi connectivity index (χ0v) is 20.4. The Hall–Kier alpha value is -3.83. The molecule has 4 aromatic rings. The average Bonchev–Trinajstić information content (AvgIpc) is 2.89. The predicted molar refractivity (Wildman–Crippen MR) is 135 cm³/mol. The maximum absolute atomic E-state index is 13.7. The molecule has 3 aromatic carbocycles. The monoisotopic (exact) mass is 514 g/mol. The third-order valence-electron chi connectivity index (χ3n) is 5.01. The van der Waals surface area contributed by atoms with E-state index in [0.717, 1.165) is 24.1 Å². The number of fused-ring (bicyclic) bond motifs is 1. The van der Waals surface area contributed by atoms with Crippen molar-refractivity contribution in [2.45, 2.75) is 11.3 Å². The second-order valence-electron chi connectivity index (χ2n) is 7.45. The fourth-order valence-corrected chi connectivity index (χ4v) is 3.92. The summed E-state index contributed by atoms with van der Waals surface area (Å²) in [5.41, 5.74) is 1.77. The van der Waals surface area contributed by atoms with Gasteiger partial charge in [-0.15, -0.1) is 0 Å². The largest absolute Gasteiger partial charge is 0.497 e. The van der Waals surface area contributed by atoms with Gasteiger partial charge in [0.1, 0.15) is 5.75 Å². The van der Waals surface area contributed by atoms with Crippen molar-refractivity contribution in [3.05, 3.63) is 66.2 Å². The van der Waals surface area contributed by atoms with E-state index in [1.54, 1.807) is 12.1 Å². The summed E-state index contributed by atoms with van der Waals surface area (Å²) in [5.74, 6) is 0.182. The van der Waals surface area contributed by atoms with Crippen LogP contribution in [0.1, 0.15) is 6.42 Å². The number of benzene rings is 3. The van der Waals surface area contributed by atoms with E-state index in [9.17, 15) is 8.78 Å². The highest BCUT2D eigenvalue weighted by molar-refractivity contribution is 8.00. The van der Waals surface area contributed by atoms with Gasteiger partial charge in [-0.3, -0.25) is 0 Å². The quantitative estimate of drug-likeness (QED) is 0.176. The summed E-state index contributed by atoms with van der Waals surface area (Å²) in [5, 5.41) is 12.4. The molecule has 1 heterocycles. The standard InChI is InChI=1S/C25H24F2N4O4S/c1-33-15-12-21(23(22(13-15)34-2)35-11-5-10-32)30-24-25(29-20-7-4-3-6-19(20)28-24)31-36-16-8-9-17(26)18(27)14-16/h3-4,6-9,12-14,32H,5,10-11H2,1-2H3,(H,28,30)(H,29,31). The smallest absolute Gasteiger partial charge is 0.184 e. The van der Waals surface area contributed by atoms with E-state index >= 15 is 0 Å². The zero-order valence-electron chi connectivity index (χ0n) is 19.5. The number of ether oxygens (including phenoxy) is 3. The van der Waals surface area contributed by atoms with Crippen LogP contribution >= 0.6 is 11.9 Å². The lowest BCUT2D eigenvalue weighted by Gasteiger charge is -2.19. The molecule has 1 aromatic heterocycles. The van der Waals surface area contributed by atoms with Crippen molar-refractivity contribution in [1.29, 1.82) is 0 Å². The number of aliphatic hydroxyl groups excluding tert-OH is 1. The Balaban J connectivity index is 1.73. The molecule has 4 rings (SSSR count). The second kappa shape index (κ2) is 11.7. The third kappa shape index (κ3) is 5.86. The first-order valence-corrected chi connectivity index (χ1v) is 11.8. The van der Waals surface area contributed by atoms with Crippen molar-refractivity contribution >= 4 is 40.3 Å². The van der Waals surface area contributed by atoms with Crippen molar-refractivity contribution < 1.29 is 28.1 Å². The van der Waals surface area contributed by atoms with Gasteiger partial charge in [-0.05, 0) is 42.3 Å². The highest BCUT2D eigenvalue weighted by Crippen LogP contribution is 2.42. The fraction of sp³-hybridized carbons (Fsp3) is 0.200. The molecule has 0 unspecified atom stereocenters. The number of rotatable bonds is 11. The molecule has 0 spiro atoms. The van der Waals surface area contributed by atoms with Crippen molar-refractivity contribution in [1.82, 2.24) is 9.97 Å². The molecule has 3 N–H and O–H groups in total. The minimum Gasteiger partial charge on any atom is -0.497 e. The lowest BCUT2D eigenvalue weighted by Crippen LogP contribution is -2.07. The normalized spacial score (nSPS) is 10.8. The van der Waals surface area contributed by atoms with Crippen LogP contribution < -0.4 is 24.2 Å². The number of aromatic nitrogens is 2. The number of nitrogens with one attached hydrogen (secondary N) is 2. The molecule has 36 heavy (non-hydrogen) atoms. The number of nitrogens with zero attached hydrogens (tertiary/aromatic N) is 2. The van der Waals surface area contributed by atoms with Gasteiger partial charge in [-0.25, -0.2) is 18.7 Å². The Morgan fingerprint density at radius 2 is 1.67 bits per heavy atom. The molecule has 0 bridgehead atoms. The van der Waals surface area contributed by atoms with Crippen LogP contribution in [-0.2, 0) is 0 Å². The first kappa shape index (κ1) is 25.3. The molecule has 0 fully saturated rings. The van der Waals surface area contributed by atoms with Crippen LogP contribution in [0, 0.1) is 11.6 Å². The van der Waals surface area contributed by atoms with E-state index in [4.69, 9.17) is 24.3 Å². The number of aliphatic hydroxyl groups is 1. The van der Waals surface area contributed by atoms with Gasteiger partial charge in [-0.1, -0.05) is 12.1 Å². The van der Waals surface area contributed by atoms with Gasteiger partial charge in [-0.2, -0.15) is 0 Å². The summed E-state index contributed by atoms with van der Waals surface area (Å²) in [4.78, 5) is 9.81. The highest BCUT2D eigenvalue weighted by Gasteiger charge is 2.18. The molecule has 0 aliphatic rings. The van der Waals surface area contributed by atoms with Crippen molar-refractivity contribution in [3.8, 4) is 17.2 Å². The molecule has 0 saturated heterocycles. The van der Waals surface area contributed by atoms with Crippen LogP contribution in [0.15, 0.2) is 59.5 Å². The van der Waals surface area contributed by atoms with E-state index in [0.29, 0.717) is 56.9 Å². The van der Waals surface area contributed by atoms with Gasteiger partial charge < -0.3 is 29.4 Å². The molecule has 0 aliphatic carbocycles. The topological polar surface area (TPSA) is 97.8 Å². The minimum atomic E-state index is -0.946. The molecule has 11 heteroatoms. The van der Waals surface area contributed by atoms with Crippen LogP contribution in [0.2, 0.25) is 0 Å². The Morgan fingerprint density at radius 3 is 2.33 bits per heavy atom. The summed E-state index contributed by atoms with van der Waals surface area (Å²) in [7, 11) is 3.05. The lowest BCUT2D eigenvalue weighted by molar-refractivity contribution is 0.228. The Kier molecular flexibility index (Phi) is 8.24. The summed E-state index contributed by atoms with van der Waals surface area (Å²) in [6, 6.07) is 14.3. The Bertz CT molecular complexity index is 1360. The van der Waals surface area contributed by atoms with Crippen molar-refractivity contribution in [2.75, 3.05) is 37.5 Å². The molecular formula is C25H24F2N4O4S. The number of anilines is 3. The van der Waals surface area contributed by atoms with Gasteiger partial charge in [0, 0.05) is 30.1 Å². The maximum Gasteiger partial charge on any atom is 0.184 e. The van der Waals surface area contributed by atoms with Gasteiger partial charge >= 0.3 is 0 Å². The highest BCUT2D eigenvalue weighted by atomic mass is 32.2. The van der Waals surface area contributed by atoms with Gasteiger partial charge in [0.05, 0.1) is 37.5 Å². The number of hydrogen-bond donors (Lipinski definition) is 3. The lowest BCUT2D eigenvalue weighted by atomic mass is 10.2. The van der Waals surface area contributed by atoms with Crippen LogP contribution in [0.5, 0.6) is 17.2 Å². The SMILES string of the molecule is COc1cc(Nc2nc3ccccc3nc2NSc2ccc(F)c(F)c2)c(OCCCO)c(OC)c1. The first-order valence-electron chi connectivity index (χ1n) is 10.9. The summed E-state index contributed by atoms with van der Waals surface area (Å²) >= 11 is 1.06. The van der Waals surface area contributed by atoms with Crippen LogP contribution in [0.3, 0.4) is 0 Å². The molecular weight excluding hydrogens is 490 g/mol. The maximum atomic E-state index is 13.7. The van der Waals surface area contributed by atoms with Crippen molar-refractivity contribution in [3.63, 3.8) is 0 Å². The molecule has 0 radical (unpaired) electrons. The number of para-hydroxylation sites is 2. The molecule has 0 aliphatic heterocycles. The molecule has 0 amide bonds. The van der Waals surface area contributed by atoms with Crippen molar-refractivity contribution in [2.24, 2.45) is 0 Å². The molecule has 8 nitrogen and oxygen atoms in total. The van der Waals surface area contributed by atoms with E-state index in [1.165, 1.54) is 20.3 Å². The van der Waals surface area contributed by atoms with Crippen LogP contribution in [0.25, 0.3) is 11.0 Å². The molecule has 0 atom stereocenters. The summed E-state index contributed by atoms with van der Waals surface area (Å²) in [6.07, 6.45) is 0.433. The van der Waals surface area contributed by atoms with Gasteiger partial charge in [0.15, 0.2) is 34.8 Å². The summed E-state index contributed by atoms with van der Waals surface area (Å²) < 4.78 is 46.9. The van der Waals surface area contributed by atoms with Crippen LogP contribution in [-0.4, -0.2) is 42.5 Å². The summed E-state index contributed by atoms with van der Waals surface area (Å²) in [6.45, 7) is 0.237. The zero-order chi connectivity index (χ0) is 25.5. The molecule has 0 saturated carbocycles. The Morgan fingerprint density at radius 1 is 0.917 bits per heavy atom. The number of methoxy groups -OCH3 is 2. The third-order valence-corrected chi connectivity index (χ3v) is 5.80. The first-order chi connectivity index (χ1) is 17.5. The fourth-order valence-electron chi connectivity index (χ4n) is 3.26. The second-order valence-corrected chi connectivity index (χ2v) is 8.33. The number of hydrogen-bond acceptors (Lipinski definition) is 9. The van der Waals surface area contributed by atoms with E-state index in [1.807, 2.05) is 24.3 Å². The van der Waals surface area contributed by atoms with E-state index < -0.39 is 11.6 Å². The van der Waals surface area contributed by atoms with E-state index in [2.05, 4.69) is 15.0 Å². The predicted octanol–water partition coefficient (Wildman–Crippen LogP) is 5.55.